The molecule has 2 saturated heterocycles. The molecule has 47 heavy (non-hydrogen) atoms. The molecule has 6 nitrogen and oxygen atoms in total. The standard InChI is InChI=1S/C19H20ClN3.C12H15N3.C7H6Cl2/c20-16-9-7-15(8-10-16)13-23-18-6-2-1-5-17(18)21-19(23)14-22-11-3-4-12-22;1-2-6-11-10(5-1)13-12(14-11)9-15-7-3-4-8-15;8-5-6-1-3-7(9)4-2-6/h1-2,5-10H,3-4,11-14H2;1-2,5-6H,3-4,7-9H2,(H,13,14);1-4H,5H2/i14D2;9D2;. The van der Waals surface area contributed by atoms with E-state index < -0.39 is 13.0 Å². The van der Waals surface area contributed by atoms with Gasteiger partial charge in [-0.2, -0.15) is 0 Å². The van der Waals surface area contributed by atoms with Crippen LogP contribution in [0.4, 0.5) is 0 Å². The Morgan fingerprint density at radius 3 is 1.81 bits per heavy atom. The molecule has 0 bridgehead atoms. The van der Waals surface area contributed by atoms with E-state index in [1.54, 1.807) is 0 Å². The Balaban J connectivity index is 0.000000148. The fraction of sp³-hybridized carbons (Fsp3) is 0.316. The van der Waals surface area contributed by atoms with Crippen LogP contribution in [0.5, 0.6) is 0 Å². The maximum Gasteiger partial charge on any atom is 0.124 e. The molecule has 0 aliphatic carbocycles. The number of para-hydroxylation sites is 4. The molecule has 6 aromatic rings. The summed E-state index contributed by atoms with van der Waals surface area (Å²) in [6.45, 7) is 0.667. The Hall–Kier alpha value is -3.39. The topological polar surface area (TPSA) is 53.0 Å². The Labute approximate surface area is 297 Å². The number of nitrogens with zero attached hydrogens (tertiary/aromatic N) is 5. The molecule has 0 radical (unpaired) electrons. The maximum atomic E-state index is 8.73. The first-order chi connectivity index (χ1) is 24.6. The number of alkyl halides is 1. The zero-order chi connectivity index (χ0) is 36.0. The molecule has 0 amide bonds. The SMILES string of the molecule is ClCc1ccc(Cl)cc1.[2H]C([2H])(c1nc2ccccc2[nH]1)N1CCCC1.[2H]C([2H])(c1nc2ccccc2n1Cc1ccc(Cl)cc1)N1CCCC1. The van der Waals surface area contributed by atoms with E-state index in [9.17, 15) is 0 Å². The number of likely N-dealkylation sites (tertiary alicyclic amines) is 2. The van der Waals surface area contributed by atoms with Gasteiger partial charge in [0.05, 0.1) is 40.5 Å². The molecule has 0 atom stereocenters. The summed E-state index contributed by atoms with van der Waals surface area (Å²) in [5.74, 6) is 1.45. The fourth-order valence-corrected chi connectivity index (χ4v) is 6.05. The van der Waals surface area contributed by atoms with Gasteiger partial charge >= 0.3 is 0 Å². The molecule has 244 valence electrons. The van der Waals surface area contributed by atoms with Gasteiger partial charge < -0.3 is 9.55 Å². The van der Waals surface area contributed by atoms with Crippen LogP contribution in [0.3, 0.4) is 0 Å². The van der Waals surface area contributed by atoms with E-state index >= 15 is 0 Å². The molecule has 0 spiro atoms. The first kappa shape index (κ1) is 28.6. The molecule has 4 heterocycles. The number of hydrogen-bond acceptors (Lipinski definition) is 4. The number of benzene rings is 4. The van der Waals surface area contributed by atoms with Crippen molar-refractivity contribution in [2.75, 3.05) is 26.2 Å². The Morgan fingerprint density at radius 1 is 0.638 bits per heavy atom. The molecule has 0 saturated carbocycles. The van der Waals surface area contributed by atoms with Gasteiger partial charge in [0.15, 0.2) is 0 Å². The van der Waals surface area contributed by atoms with E-state index in [4.69, 9.17) is 40.3 Å². The van der Waals surface area contributed by atoms with Crippen molar-refractivity contribution in [1.29, 1.82) is 0 Å². The molecule has 2 aliphatic heterocycles. The van der Waals surface area contributed by atoms with E-state index in [0.717, 1.165) is 90.1 Å². The molecule has 2 aromatic heterocycles. The number of hydrogen-bond donors (Lipinski definition) is 1. The summed E-state index contributed by atoms with van der Waals surface area (Å²) < 4.78 is 35.8. The van der Waals surface area contributed by atoms with Crippen LogP contribution < -0.4 is 0 Å². The molecule has 0 unspecified atom stereocenters. The van der Waals surface area contributed by atoms with E-state index in [0.29, 0.717) is 29.1 Å². The number of nitrogens with one attached hydrogen (secondary N) is 1. The summed E-state index contributed by atoms with van der Waals surface area (Å²) in [6, 6.07) is 30.7. The van der Waals surface area contributed by atoms with Crippen molar-refractivity contribution in [3.05, 3.63) is 130 Å². The van der Waals surface area contributed by atoms with Crippen molar-refractivity contribution >= 4 is 56.9 Å². The van der Waals surface area contributed by atoms with E-state index in [-0.39, 0.29) is 0 Å². The van der Waals surface area contributed by atoms with Crippen LogP contribution in [0.1, 0.15) is 53.9 Å². The van der Waals surface area contributed by atoms with Crippen molar-refractivity contribution in [2.45, 2.75) is 51.1 Å². The van der Waals surface area contributed by atoms with Gasteiger partial charge in [0.1, 0.15) is 11.6 Å². The van der Waals surface area contributed by atoms with E-state index in [1.807, 2.05) is 111 Å². The second-order valence-corrected chi connectivity index (χ2v) is 12.8. The number of fused-ring (bicyclic) bond motifs is 2. The van der Waals surface area contributed by atoms with Crippen LogP contribution in [-0.4, -0.2) is 55.5 Å². The van der Waals surface area contributed by atoms with Crippen molar-refractivity contribution in [1.82, 2.24) is 29.3 Å². The van der Waals surface area contributed by atoms with Crippen molar-refractivity contribution in [3.63, 3.8) is 0 Å². The smallest absolute Gasteiger partial charge is 0.124 e. The lowest BCUT2D eigenvalue weighted by atomic mass is 10.2. The summed E-state index contributed by atoms with van der Waals surface area (Å²) in [5, 5.41) is 1.45. The number of aromatic amines is 1. The Bertz CT molecular complexity index is 1990. The number of halogens is 3. The molecule has 2 fully saturated rings. The first-order valence-corrected chi connectivity index (χ1v) is 17.3. The van der Waals surface area contributed by atoms with Gasteiger partial charge in [0, 0.05) is 22.5 Å². The Kier molecular flexibility index (Phi) is 10.1. The van der Waals surface area contributed by atoms with Gasteiger partial charge in [-0.1, -0.05) is 71.7 Å². The molecule has 4 aromatic carbocycles. The highest BCUT2D eigenvalue weighted by atomic mass is 35.5. The monoisotopic (exact) mass is 690 g/mol. The van der Waals surface area contributed by atoms with Crippen LogP contribution in [-0.2, 0) is 25.4 Å². The lowest BCUT2D eigenvalue weighted by Crippen LogP contribution is -2.21. The second-order valence-electron chi connectivity index (χ2n) is 11.6. The number of H-pyrrole nitrogens is 1. The quantitative estimate of drug-likeness (QED) is 0.170. The average molecular weight is 692 g/mol. The molecule has 1 N–H and O–H groups in total. The maximum absolute atomic E-state index is 8.73. The highest BCUT2D eigenvalue weighted by molar-refractivity contribution is 6.30. The lowest BCUT2D eigenvalue weighted by Gasteiger charge is -2.16. The summed E-state index contributed by atoms with van der Waals surface area (Å²) in [5.41, 5.74) is 5.67. The number of aromatic nitrogens is 4. The van der Waals surface area contributed by atoms with E-state index in [2.05, 4.69) is 15.0 Å². The number of imidazole rings is 2. The van der Waals surface area contributed by atoms with E-state index in [1.165, 1.54) is 0 Å². The van der Waals surface area contributed by atoms with Crippen LogP contribution in [0.2, 0.25) is 10.0 Å². The zero-order valence-corrected chi connectivity index (χ0v) is 28.4. The minimum absolute atomic E-state index is 0.417. The van der Waals surface area contributed by atoms with Crippen LogP contribution in [0.25, 0.3) is 22.1 Å². The third-order valence-corrected chi connectivity index (χ3v) is 8.91. The predicted octanol–water partition coefficient (Wildman–Crippen LogP) is 9.57. The van der Waals surface area contributed by atoms with Crippen molar-refractivity contribution < 1.29 is 5.48 Å². The van der Waals surface area contributed by atoms with Crippen molar-refractivity contribution in [2.24, 2.45) is 0 Å². The van der Waals surface area contributed by atoms with Gasteiger partial charge in [0.2, 0.25) is 0 Å². The summed E-state index contributed by atoms with van der Waals surface area (Å²) in [6.07, 6.45) is 4.22. The minimum Gasteiger partial charge on any atom is -0.341 e. The minimum atomic E-state index is -1.58. The summed E-state index contributed by atoms with van der Waals surface area (Å²) in [4.78, 5) is 15.9. The summed E-state index contributed by atoms with van der Waals surface area (Å²) >= 11 is 17.2. The largest absolute Gasteiger partial charge is 0.341 e. The lowest BCUT2D eigenvalue weighted by molar-refractivity contribution is 0.318. The highest BCUT2D eigenvalue weighted by Gasteiger charge is 2.17. The predicted molar refractivity (Wildman–Crippen MR) is 196 cm³/mol. The van der Waals surface area contributed by atoms with Gasteiger partial charge in [0.25, 0.3) is 0 Å². The van der Waals surface area contributed by atoms with Crippen molar-refractivity contribution in [3.8, 4) is 0 Å². The van der Waals surface area contributed by atoms with Crippen LogP contribution in [0.15, 0.2) is 97.1 Å². The highest BCUT2D eigenvalue weighted by Crippen LogP contribution is 2.22. The average Bonchev–Trinajstić information content (AvgIpc) is 3.97. The second kappa shape index (κ2) is 16.6. The molecular formula is C38H41Cl3N6. The molecular weight excluding hydrogens is 647 g/mol. The van der Waals surface area contributed by atoms with Crippen LogP contribution in [0, 0.1) is 0 Å². The number of rotatable bonds is 7. The van der Waals surface area contributed by atoms with Gasteiger partial charge in [-0.05, 0) is 112 Å². The van der Waals surface area contributed by atoms with Gasteiger partial charge in [-0.15, -0.1) is 11.6 Å². The van der Waals surface area contributed by atoms with Gasteiger partial charge in [-0.3, -0.25) is 9.80 Å². The molecule has 9 heteroatoms. The first-order valence-electron chi connectivity index (χ1n) is 18.0. The Morgan fingerprint density at radius 2 is 1.19 bits per heavy atom. The molecule has 2 aliphatic rings. The molecule has 8 rings (SSSR count). The zero-order valence-electron chi connectivity index (χ0n) is 30.2. The third-order valence-electron chi connectivity index (χ3n) is 8.10. The fourth-order valence-electron chi connectivity index (χ4n) is 5.62. The summed E-state index contributed by atoms with van der Waals surface area (Å²) in [7, 11) is 0. The third kappa shape index (κ3) is 9.37. The normalized spacial score (nSPS) is 16.9. The van der Waals surface area contributed by atoms with Crippen LogP contribution >= 0.6 is 34.8 Å². The van der Waals surface area contributed by atoms with Gasteiger partial charge in [-0.25, -0.2) is 9.97 Å².